The molecule has 0 radical (unpaired) electrons. The van der Waals surface area contributed by atoms with Crippen molar-refractivity contribution in [3.63, 3.8) is 0 Å². The molecule has 1 saturated heterocycles. The third-order valence-corrected chi connectivity index (χ3v) is 7.04. The summed E-state index contributed by atoms with van der Waals surface area (Å²) in [6.45, 7) is 7.53. The second-order valence-electron chi connectivity index (χ2n) is 8.42. The van der Waals surface area contributed by atoms with E-state index in [-0.39, 0.29) is 0 Å². The van der Waals surface area contributed by atoms with Crippen LogP contribution in [0.15, 0.2) is 53.6 Å². The van der Waals surface area contributed by atoms with E-state index in [0.717, 1.165) is 55.2 Å². The first-order valence-corrected chi connectivity index (χ1v) is 12.7. The van der Waals surface area contributed by atoms with Crippen LogP contribution in [0.5, 0.6) is 5.75 Å². The molecule has 32 heavy (non-hydrogen) atoms. The van der Waals surface area contributed by atoms with Crippen molar-refractivity contribution >= 4 is 34.5 Å². The van der Waals surface area contributed by atoms with E-state index in [2.05, 4.69) is 57.0 Å². The summed E-state index contributed by atoms with van der Waals surface area (Å²) in [4.78, 5) is 9.45. The molecule has 1 fully saturated rings. The van der Waals surface area contributed by atoms with Crippen molar-refractivity contribution in [1.29, 1.82) is 0 Å². The molecule has 0 aliphatic carbocycles. The predicted octanol–water partition coefficient (Wildman–Crippen LogP) is 5.07. The minimum absolute atomic E-state index is 0.774. The summed E-state index contributed by atoms with van der Waals surface area (Å²) in [5.74, 6) is 0.950. The molecule has 5 nitrogen and oxygen atoms in total. The zero-order valence-corrected chi connectivity index (χ0v) is 20.4. The van der Waals surface area contributed by atoms with Crippen molar-refractivity contribution < 1.29 is 4.74 Å². The van der Waals surface area contributed by atoms with E-state index in [0.29, 0.717) is 0 Å². The molecule has 172 valence electrons. The first kappa shape index (κ1) is 23.5. The molecule has 0 unspecified atom stereocenters. The van der Waals surface area contributed by atoms with Crippen LogP contribution in [0.2, 0.25) is 5.02 Å². The number of fused-ring (bicyclic) bond motifs is 1. The number of ether oxygens (including phenoxy) is 1. The molecule has 0 spiro atoms. The Kier molecular flexibility index (Phi) is 8.77. The van der Waals surface area contributed by atoms with E-state index in [1.54, 1.807) is 11.9 Å². The number of rotatable bonds is 11. The van der Waals surface area contributed by atoms with E-state index >= 15 is 0 Å². The second-order valence-corrected chi connectivity index (χ2v) is 9.82. The molecule has 2 N–H and O–H groups in total. The summed E-state index contributed by atoms with van der Waals surface area (Å²) in [6, 6.07) is 14.4. The molecule has 4 rings (SSSR count). The summed E-state index contributed by atoms with van der Waals surface area (Å²) in [5, 5.41) is 2.01. The van der Waals surface area contributed by atoms with E-state index in [1.165, 1.54) is 42.0 Å². The number of benzene rings is 2. The van der Waals surface area contributed by atoms with Gasteiger partial charge in [0.25, 0.3) is 0 Å². The lowest BCUT2D eigenvalue weighted by Crippen LogP contribution is -2.44. The van der Waals surface area contributed by atoms with E-state index in [4.69, 9.17) is 16.3 Å². The SMILES string of the molecule is CN1CCN(CCCOc2ccc(SNCCCc3c[nH]c4ccc(Cl)cc34)cc2)CC1. The quantitative estimate of drug-likeness (QED) is 0.301. The van der Waals surface area contributed by atoms with Gasteiger partial charge in [-0.05, 0) is 86.3 Å². The molecule has 2 heterocycles. The molecule has 0 bridgehead atoms. The van der Waals surface area contributed by atoms with Crippen LogP contribution < -0.4 is 9.46 Å². The maximum absolute atomic E-state index is 6.14. The Labute approximate surface area is 200 Å². The molecule has 7 heteroatoms. The van der Waals surface area contributed by atoms with Crippen LogP contribution in [0.3, 0.4) is 0 Å². The number of aromatic amines is 1. The van der Waals surface area contributed by atoms with Crippen LogP contribution in [0.1, 0.15) is 18.4 Å². The summed E-state index contributed by atoms with van der Waals surface area (Å²) in [7, 11) is 2.19. The number of likely N-dealkylation sites (N-methyl/N-ethyl adjacent to an activating group) is 1. The van der Waals surface area contributed by atoms with Gasteiger partial charge in [0.15, 0.2) is 0 Å². The van der Waals surface area contributed by atoms with Gasteiger partial charge in [0.2, 0.25) is 0 Å². The Morgan fingerprint density at radius 2 is 1.88 bits per heavy atom. The highest BCUT2D eigenvalue weighted by Crippen LogP contribution is 2.24. The zero-order valence-electron chi connectivity index (χ0n) is 18.8. The summed E-state index contributed by atoms with van der Waals surface area (Å²) in [6.07, 6.45) is 5.26. The van der Waals surface area contributed by atoms with Gasteiger partial charge in [-0.2, -0.15) is 0 Å². The minimum atomic E-state index is 0.774. The Hall–Kier alpha value is -1.70. The smallest absolute Gasteiger partial charge is 0.119 e. The highest BCUT2D eigenvalue weighted by molar-refractivity contribution is 7.97. The maximum Gasteiger partial charge on any atom is 0.119 e. The lowest BCUT2D eigenvalue weighted by molar-refractivity contribution is 0.145. The molecule has 2 aromatic carbocycles. The largest absolute Gasteiger partial charge is 0.494 e. The van der Waals surface area contributed by atoms with E-state index in [1.807, 2.05) is 18.2 Å². The molecule has 0 amide bonds. The number of halogens is 1. The van der Waals surface area contributed by atoms with Gasteiger partial charge in [-0.3, -0.25) is 4.72 Å². The third-order valence-electron chi connectivity index (χ3n) is 5.95. The fourth-order valence-electron chi connectivity index (χ4n) is 4.00. The summed E-state index contributed by atoms with van der Waals surface area (Å²) < 4.78 is 9.39. The molecular weight excluding hydrogens is 440 g/mol. The van der Waals surface area contributed by atoms with Gasteiger partial charge in [0.1, 0.15) is 5.75 Å². The molecule has 1 aliphatic heterocycles. The summed E-state index contributed by atoms with van der Waals surface area (Å²) >= 11 is 7.81. The molecule has 1 aromatic heterocycles. The van der Waals surface area contributed by atoms with Gasteiger partial charge in [0, 0.05) is 66.3 Å². The maximum atomic E-state index is 6.14. The number of nitrogens with one attached hydrogen (secondary N) is 2. The molecule has 1 aliphatic rings. The molecular formula is C25H33ClN4OS. The zero-order chi connectivity index (χ0) is 22.2. The molecule has 3 aromatic rings. The van der Waals surface area contributed by atoms with Gasteiger partial charge in [0.05, 0.1) is 6.61 Å². The summed E-state index contributed by atoms with van der Waals surface area (Å²) in [5.41, 5.74) is 2.47. The van der Waals surface area contributed by atoms with Crippen LogP contribution in [-0.4, -0.2) is 67.7 Å². The van der Waals surface area contributed by atoms with Gasteiger partial charge >= 0.3 is 0 Å². The van der Waals surface area contributed by atoms with Crippen molar-refractivity contribution in [3.05, 3.63) is 59.2 Å². The molecule has 0 saturated carbocycles. The number of nitrogens with zero attached hydrogens (tertiary/aromatic N) is 2. The normalized spacial score (nSPS) is 15.4. The van der Waals surface area contributed by atoms with Crippen LogP contribution >= 0.6 is 23.5 Å². The van der Waals surface area contributed by atoms with Gasteiger partial charge in [-0.1, -0.05) is 11.6 Å². The fraction of sp³-hybridized carbons (Fsp3) is 0.440. The Morgan fingerprint density at radius 1 is 1.06 bits per heavy atom. The van der Waals surface area contributed by atoms with Gasteiger partial charge in [-0.15, -0.1) is 0 Å². The number of aryl methyl sites for hydroxylation is 1. The first-order chi connectivity index (χ1) is 15.7. The Bertz CT molecular complexity index is 970. The third kappa shape index (κ3) is 6.90. The van der Waals surface area contributed by atoms with Crippen molar-refractivity contribution in [3.8, 4) is 5.75 Å². The van der Waals surface area contributed by atoms with Crippen molar-refractivity contribution in [2.45, 2.75) is 24.2 Å². The lowest BCUT2D eigenvalue weighted by atomic mass is 10.1. The fourth-order valence-corrected chi connectivity index (χ4v) is 4.85. The average molecular weight is 473 g/mol. The molecule has 0 atom stereocenters. The first-order valence-electron chi connectivity index (χ1n) is 11.5. The van der Waals surface area contributed by atoms with Crippen molar-refractivity contribution in [2.75, 3.05) is 52.9 Å². The second kappa shape index (κ2) is 12.0. The Morgan fingerprint density at radius 3 is 2.69 bits per heavy atom. The van der Waals surface area contributed by atoms with Gasteiger partial charge in [-0.25, -0.2) is 0 Å². The minimum Gasteiger partial charge on any atom is -0.494 e. The van der Waals surface area contributed by atoms with Crippen LogP contribution in [0.4, 0.5) is 0 Å². The van der Waals surface area contributed by atoms with Gasteiger partial charge < -0.3 is 19.5 Å². The highest BCUT2D eigenvalue weighted by atomic mass is 35.5. The number of H-pyrrole nitrogens is 1. The number of aromatic nitrogens is 1. The monoisotopic (exact) mass is 472 g/mol. The number of hydrogen-bond acceptors (Lipinski definition) is 5. The van der Waals surface area contributed by atoms with Crippen molar-refractivity contribution in [2.24, 2.45) is 0 Å². The standard InChI is InChI=1S/C25H33ClN4OS/c1-29-13-15-30(16-14-29)12-3-17-31-22-6-8-23(9-7-22)32-28-11-2-4-20-19-27-25-10-5-21(26)18-24(20)25/h5-10,18-19,27-28H,2-4,11-17H2,1H3. The number of piperazine rings is 1. The highest BCUT2D eigenvalue weighted by Gasteiger charge is 2.12. The van der Waals surface area contributed by atoms with Crippen LogP contribution in [0.25, 0.3) is 10.9 Å². The van der Waals surface area contributed by atoms with Crippen LogP contribution in [0, 0.1) is 0 Å². The number of hydrogen-bond donors (Lipinski definition) is 2. The Balaban J connectivity index is 1.10. The van der Waals surface area contributed by atoms with E-state index < -0.39 is 0 Å². The topological polar surface area (TPSA) is 43.5 Å². The van der Waals surface area contributed by atoms with Crippen LogP contribution in [-0.2, 0) is 6.42 Å². The predicted molar refractivity (Wildman–Crippen MR) is 136 cm³/mol. The average Bonchev–Trinajstić information content (AvgIpc) is 3.20. The van der Waals surface area contributed by atoms with E-state index in [9.17, 15) is 0 Å². The van der Waals surface area contributed by atoms with Crippen molar-refractivity contribution in [1.82, 2.24) is 19.5 Å². The lowest BCUT2D eigenvalue weighted by Gasteiger charge is -2.32.